The molecule has 1 unspecified atom stereocenters. The molecule has 1 N–H and O–H groups in total. The van der Waals surface area contributed by atoms with Gasteiger partial charge in [0.05, 0.1) is 6.61 Å². The lowest BCUT2D eigenvalue weighted by molar-refractivity contribution is -0.121. The van der Waals surface area contributed by atoms with Gasteiger partial charge in [0.25, 0.3) is 5.91 Å². The zero-order valence-corrected chi connectivity index (χ0v) is 15.9. The topological polar surface area (TPSA) is 71.0 Å². The molecule has 0 spiro atoms. The van der Waals surface area contributed by atoms with Crippen LogP contribution < -0.4 is 10.1 Å². The van der Waals surface area contributed by atoms with Crippen molar-refractivity contribution in [1.29, 1.82) is 0 Å². The molecule has 26 heavy (non-hydrogen) atoms. The van der Waals surface area contributed by atoms with E-state index in [9.17, 15) is 9.59 Å². The van der Waals surface area contributed by atoms with Crippen LogP contribution in [0.3, 0.4) is 0 Å². The number of carbonyl (C=O) groups is 2. The normalized spacial score (nSPS) is 20.5. The van der Waals surface area contributed by atoms with Crippen LogP contribution in [0.2, 0.25) is 0 Å². The predicted octanol–water partition coefficient (Wildman–Crippen LogP) is 3.29. The second kappa shape index (κ2) is 9.07. The Labute approximate surface area is 158 Å². The molecule has 7 heteroatoms. The zero-order valence-electron chi connectivity index (χ0n) is 15.1. The molecular formula is C19H25N3O3S. The third kappa shape index (κ3) is 5.00. The minimum absolute atomic E-state index is 0.136. The lowest BCUT2D eigenvalue weighted by atomic mass is 10.2. The molecule has 1 atom stereocenters. The van der Waals surface area contributed by atoms with Crippen molar-refractivity contribution in [2.24, 2.45) is 4.99 Å². The van der Waals surface area contributed by atoms with Gasteiger partial charge in [-0.3, -0.25) is 9.59 Å². The number of nitrogens with one attached hydrogen (secondary N) is 1. The van der Waals surface area contributed by atoms with Crippen LogP contribution >= 0.6 is 11.8 Å². The maximum Gasteiger partial charge on any atom is 0.262 e. The quantitative estimate of drug-likeness (QED) is 0.855. The smallest absolute Gasteiger partial charge is 0.262 e. The molecule has 1 saturated heterocycles. The fourth-order valence-electron chi connectivity index (χ4n) is 3.09. The van der Waals surface area contributed by atoms with Crippen molar-refractivity contribution in [2.75, 3.05) is 25.0 Å². The first-order valence-corrected chi connectivity index (χ1v) is 10.1. The first-order chi connectivity index (χ1) is 12.7. The molecule has 0 aromatic heterocycles. The fourth-order valence-corrected chi connectivity index (χ4v) is 4.21. The number of amides is 2. The largest absolute Gasteiger partial charge is 0.494 e. The van der Waals surface area contributed by atoms with Gasteiger partial charge in [0.1, 0.15) is 11.0 Å². The molecule has 1 aromatic rings. The van der Waals surface area contributed by atoms with Crippen molar-refractivity contribution in [3.05, 3.63) is 24.3 Å². The summed E-state index contributed by atoms with van der Waals surface area (Å²) in [7, 11) is 0. The van der Waals surface area contributed by atoms with E-state index in [1.54, 1.807) is 12.1 Å². The number of aliphatic imine (C=N–C) groups is 1. The molecule has 0 aliphatic carbocycles. The van der Waals surface area contributed by atoms with Gasteiger partial charge in [0.2, 0.25) is 5.91 Å². The zero-order chi connectivity index (χ0) is 18.4. The van der Waals surface area contributed by atoms with Crippen molar-refractivity contribution < 1.29 is 14.3 Å². The Kier molecular flexibility index (Phi) is 6.55. The summed E-state index contributed by atoms with van der Waals surface area (Å²) in [4.78, 5) is 30.9. The molecule has 2 aliphatic rings. The predicted molar refractivity (Wildman–Crippen MR) is 105 cm³/mol. The van der Waals surface area contributed by atoms with Gasteiger partial charge in [-0.1, -0.05) is 24.6 Å². The number of hydrogen-bond acceptors (Lipinski definition) is 5. The van der Waals surface area contributed by atoms with Gasteiger partial charge in [-0.2, -0.15) is 4.99 Å². The Morgan fingerprint density at radius 1 is 1.23 bits per heavy atom. The van der Waals surface area contributed by atoms with Crippen molar-refractivity contribution in [1.82, 2.24) is 4.90 Å². The Morgan fingerprint density at radius 3 is 2.58 bits per heavy atom. The average molecular weight is 375 g/mol. The number of benzene rings is 1. The second-order valence-corrected chi connectivity index (χ2v) is 7.62. The SMILES string of the molecule is CCOc1ccc(NC(=O)CC2SC(N3CCCCCC3)=NC2=O)cc1. The average Bonchev–Trinajstić information content (AvgIpc) is 2.84. The number of rotatable bonds is 5. The number of anilines is 1. The molecule has 0 saturated carbocycles. The molecule has 0 bridgehead atoms. The van der Waals surface area contributed by atoms with Crippen LogP contribution in [0.15, 0.2) is 29.3 Å². The monoisotopic (exact) mass is 375 g/mol. The number of carbonyl (C=O) groups excluding carboxylic acids is 2. The van der Waals surface area contributed by atoms with E-state index in [2.05, 4.69) is 15.2 Å². The number of likely N-dealkylation sites (tertiary alicyclic amines) is 1. The van der Waals surface area contributed by atoms with Crippen LogP contribution in [0, 0.1) is 0 Å². The van der Waals surface area contributed by atoms with Crippen LogP contribution in [0.1, 0.15) is 39.0 Å². The fraction of sp³-hybridized carbons (Fsp3) is 0.526. The highest BCUT2D eigenvalue weighted by molar-refractivity contribution is 8.15. The third-order valence-corrected chi connectivity index (χ3v) is 5.64. The minimum Gasteiger partial charge on any atom is -0.494 e. The molecule has 1 aromatic carbocycles. The molecule has 2 aliphatic heterocycles. The van der Waals surface area contributed by atoms with E-state index in [1.807, 2.05) is 19.1 Å². The molecular weight excluding hydrogens is 350 g/mol. The Hall–Kier alpha value is -2.02. The van der Waals surface area contributed by atoms with Crippen molar-refractivity contribution in [3.63, 3.8) is 0 Å². The number of amidine groups is 1. The summed E-state index contributed by atoms with van der Waals surface area (Å²) >= 11 is 1.43. The summed E-state index contributed by atoms with van der Waals surface area (Å²) in [5.41, 5.74) is 0.697. The summed E-state index contributed by atoms with van der Waals surface area (Å²) in [5.74, 6) is 0.394. The minimum atomic E-state index is -0.420. The summed E-state index contributed by atoms with van der Waals surface area (Å²) in [6, 6.07) is 7.22. The summed E-state index contributed by atoms with van der Waals surface area (Å²) in [6.45, 7) is 4.43. The lowest BCUT2D eigenvalue weighted by Gasteiger charge is -2.21. The standard InChI is InChI=1S/C19H25N3O3S/c1-2-25-15-9-7-14(8-10-15)20-17(23)13-16-18(24)21-19(26-16)22-11-5-3-4-6-12-22/h7-10,16H,2-6,11-13H2,1H3,(H,20,23). The van der Waals surface area contributed by atoms with E-state index in [4.69, 9.17) is 4.74 Å². The Morgan fingerprint density at radius 2 is 1.92 bits per heavy atom. The van der Waals surface area contributed by atoms with Crippen molar-refractivity contribution in [2.45, 2.75) is 44.3 Å². The van der Waals surface area contributed by atoms with E-state index in [0.717, 1.165) is 36.8 Å². The first kappa shape index (κ1) is 18.8. The first-order valence-electron chi connectivity index (χ1n) is 9.22. The van der Waals surface area contributed by atoms with Gasteiger partial charge >= 0.3 is 0 Å². The molecule has 140 valence electrons. The van der Waals surface area contributed by atoms with Gasteiger partial charge < -0.3 is 15.0 Å². The highest BCUT2D eigenvalue weighted by Crippen LogP contribution is 2.29. The van der Waals surface area contributed by atoms with Gasteiger partial charge in [-0.15, -0.1) is 0 Å². The molecule has 2 heterocycles. The van der Waals surface area contributed by atoms with E-state index in [-0.39, 0.29) is 18.2 Å². The van der Waals surface area contributed by atoms with Crippen LogP contribution in [-0.2, 0) is 9.59 Å². The van der Waals surface area contributed by atoms with Crippen LogP contribution in [-0.4, -0.2) is 46.8 Å². The number of thioether (sulfide) groups is 1. The van der Waals surface area contributed by atoms with E-state index in [1.165, 1.54) is 24.6 Å². The molecule has 1 fully saturated rings. The molecule has 6 nitrogen and oxygen atoms in total. The number of hydrogen-bond donors (Lipinski definition) is 1. The second-order valence-electron chi connectivity index (χ2n) is 6.45. The lowest BCUT2D eigenvalue weighted by Crippen LogP contribution is -2.29. The van der Waals surface area contributed by atoms with Crippen molar-refractivity contribution >= 4 is 34.4 Å². The van der Waals surface area contributed by atoms with Crippen LogP contribution in [0.5, 0.6) is 5.75 Å². The van der Waals surface area contributed by atoms with Crippen LogP contribution in [0.4, 0.5) is 5.69 Å². The summed E-state index contributed by atoms with van der Waals surface area (Å²) < 4.78 is 5.39. The van der Waals surface area contributed by atoms with Gasteiger partial charge in [0, 0.05) is 25.2 Å². The third-order valence-electron chi connectivity index (χ3n) is 4.43. The molecule has 2 amide bonds. The van der Waals surface area contributed by atoms with Gasteiger partial charge in [-0.25, -0.2) is 0 Å². The maximum atomic E-state index is 12.3. The summed E-state index contributed by atoms with van der Waals surface area (Å²) in [5, 5.41) is 3.21. The maximum absolute atomic E-state index is 12.3. The summed E-state index contributed by atoms with van der Waals surface area (Å²) in [6.07, 6.45) is 4.87. The Balaban J connectivity index is 1.51. The van der Waals surface area contributed by atoms with E-state index < -0.39 is 5.25 Å². The van der Waals surface area contributed by atoms with Gasteiger partial charge in [0.15, 0.2) is 5.17 Å². The van der Waals surface area contributed by atoms with Gasteiger partial charge in [-0.05, 0) is 44.0 Å². The number of ether oxygens (including phenoxy) is 1. The number of nitrogens with zero attached hydrogens (tertiary/aromatic N) is 2. The van der Waals surface area contributed by atoms with Crippen LogP contribution in [0.25, 0.3) is 0 Å². The van der Waals surface area contributed by atoms with E-state index in [0.29, 0.717) is 12.3 Å². The molecule has 3 rings (SSSR count). The highest BCUT2D eigenvalue weighted by atomic mass is 32.2. The Bertz CT molecular complexity index is 667. The highest BCUT2D eigenvalue weighted by Gasteiger charge is 2.33. The molecule has 0 radical (unpaired) electrons. The van der Waals surface area contributed by atoms with E-state index >= 15 is 0 Å². The van der Waals surface area contributed by atoms with Crippen molar-refractivity contribution in [3.8, 4) is 5.75 Å².